The Morgan fingerprint density at radius 2 is 1.86 bits per heavy atom. The van der Waals surface area contributed by atoms with Crippen molar-refractivity contribution in [2.45, 2.75) is 26.4 Å². The number of rotatable bonds is 3. The predicted molar refractivity (Wildman–Crippen MR) is 89.0 cm³/mol. The maximum Gasteiger partial charge on any atom is 0.419 e. The van der Waals surface area contributed by atoms with Crippen LogP contribution < -0.4 is 4.90 Å². The largest absolute Gasteiger partial charge is 0.466 e. The van der Waals surface area contributed by atoms with Gasteiger partial charge in [0.05, 0.1) is 12.8 Å². The van der Waals surface area contributed by atoms with E-state index in [1.54, 1.807) is 32.9 Å². The summed E-state index contributed by atoms with van der Waals surface area (Å²) >= 11 is 2.11. The van der Waals surface area contributed by atoms with Gasteiger partial charge in [0.1, 0.15) is 5.60 Å². The van der Waals surface area contributed by atoms with E-state index < -0.39 is 17.7 Å². The molecule has 0 spiro atoms. The van der Waals surface area contributed by atoms with Gasteiger partial charge in [0, 0.05) is 15.8 Å². The van der Waals surface area contributed by atoms with E-state index in [0.717, 1.165) is 3.57 Å². The number of carbonyl (C=O) groups excluding carboxylic acids is 2. The van der Waals surface area contributed by atoms with Crippen molar-refractivity contribution in [2.24, 2.45) is 0 Å². The summed E-state index contributed by atoms with van der Waals surface area (Å²) in [6.07, 6.45) is 1.96. The fourth-order valence-corrected chi connectivity index (χ4v) is 2.05. The molecule has 0 saturated heterocycles. The summed E-state index contributed by atoms with van der Waals surface area (Å²) in [5, 5.41) is 0. The van der Waals surface area contributed by atoms with Gasteiger partial charge in [-0.05, 0) is 55.5 Å². The molecule has 1 rings (SSSR count). The first-order valence-corrected chi connectivity index (χ1v) is 7.35. The minimum absolute atomic E-state index is 0.547. The third-order valence-corrected chi connectivity index (χ3v) is 3.18. The molecule has 0 bridgehead atoms. The highest BCUT2D eigenvalue weighted by molar-refractivity contribution is 14.1. The molecule has 0 aliphatic heterocycles. The van der Waals surface area contributed by atoms with Gasteiger partial charge in [-0.3, -0.25) is 4.90 Å². The number of esters is 1. The van der Waals surface area contributed by atoms with Crippen molar-refractivity contribution in [3.8, 4) is 0 Å². The second kappa shape index (κ2) is 7.44. The van der Waals surface area contributed by atoms with Crippen molar-refractivity contribution >= 4 is 40.3 Å². The zero-order valence-corrected chi connectivity index (χ0v) is 14.6. The number of hydrogen-bond acceptors (Lipinski definition) is 4. The highest BCUT2D eigenvalue weighted by atomic mass is 127. The lowest BCUT2D eigenvalue weighted by molar-refractivity contribution is -0.134. The number of amides is 1. The Hall–Kier alpha value is -1.57. The van der Waals surface area contributed by atoms with Crippen LogP contribution in [0.15, 0.2) is 36.5 Å². The van der Waals surface area contributed by atoms with Crippen molar-refractivity contribution in [1.82, 2.24) is 0 Å². The molecular weight excluding hydrogens is 385 g/mol. The van der Waals surface area contributed by atoms with Gasteiger partial charge in [-0.25, -0.2) is 9.59 Å². The molecule has 0 heterocycles. The van der Waals surface area contributed by atoms with E-state index in [9.17, 15) is 9.59 Å². The molecule has 21 heavy (non-hydrogen) atoms. The Morgan fingerprint density at radius 3 is 2.38 bits per heavy atom. The molecule has 0 aliphatic rings. The van der Waals surface area contributed by atoms with Gasteiger partial charge in [0.15, 0.2) is 0 Å². The van der Waals surface area contributed by atoms with Crippen molar-refractivity contribution < 1.29 is 19.1 Å². The zero-order chi connectivity index (χ0) is 16.0. The van der Waals surface area contributed by atoms with E-state index in [2.05, 4.69) is 27.3 Å². The summed E-state index contributed by atoms with van der Waals surface area (Å²) in [5.41, 5.74) is 0.00164. The Kier molecular flexibility index (Phi) is 6.19. The number of para-hydroxylation sites is 1. The molecule has 0 fully saturated rings. The molecule has 0 aromatic heterocycles. The molecule has 0 unspecified atom stereocenters. The number of carbonyl (C=O) groups is 2. The van der Waals surface area contributed by atoms with Gasteiger partial charge >= 0.3 is 12.1 Å². The quantitative estimate of drug-likeness (QED) is 0.439. The summed E-state index contributed by atoms with van der Waals surface area (Å²) in [6, 6.07) is 7.30. The van der Waals surface area contributed by atoms with Crippen molar-refractivity contribution in [2.75, 3.05) is 12.0 Å². The lowest BCUT2D eigenvalue weighted by Crippen LogP contribution is -2.34. The van der Waals surface area contributed by atoms with E-state index in [0.29, 0.717) is 5.69 Å². The first-order valence-electron chi connectivity index (χ1n) is 6.27. The predicted octanol–water partition coefficient (Wildman–Crippen LogP) is 3.72. The number of methoxy groups -OCH3 is 1. The summed E-state index contributed by atoms with van der Waals surface area (Å²) in [5.74, 6) is -0.547. The summed E-state index contributed by atoms with van der Waals surface area (Å²) in [6.45, 7) is 5.34. The number of halogens is 1. The molecule has 114 valence electrons. The molecular formula is C15H18INO4. The van der Waals surface area contributed by atoms with Crippen LogP contribution in [-0.4, -0.2) is 24.8 Å². The molecule has 0 saturated carbocycles. The summed E-state index contributed by atoms with van der Waals surface area (Å²) in [7, 11) is 1.27. The van der Waals surface area contributed by atoms with Crippen molar-refractivity contribution in [1.29, 1.82) is 0 Å². The van der Waals surface area contributed by atoms with Crippen LogP contribution in [0.25, 0.3) is 0 Å². The van der Waals surface area contributed by atoms with Crippen LogP contribution in [0.3, 0.4) is 0 Å². The van der Waals surface area contributed by atoms with Crippen LogP contribution in [0.2, 0.25) is 0 Å². The maximum atomic E-state index is 12.3. The molecule has 0 aliphatic carbocycles. The van der Waals surface area contributed by atoms with Gasteiger partial charge < -0.3 is 9.47 Å². The standard InChI is InChI=1S/C15H18INO4/c1-15(2,3)21-14(19)17(10-9-13(18)20-4)12-8-6-5-7-11(12)16/h5-10H,1-4H3/b10-9+. The van der Waals surface area contributed by atoms with E-state index in [-0.39, 0.29) is 0 Å². The fourth-order valence-electron chi connectivity index (χ4n) is 1.40. The summed E-state index contributed by atoms with van der Waals surface area (Å²) in [4.78, 5) is 24.8. The minimum atomic E-state index is -0.630. The Labute approximate surface area is 138 Å². The number of anilines is 1. The van der Waals surface area contributed by atoms with Crippen molar-refractivity contribution in [3.63, 3.8) is 0 Å². The topological polar surface area (TPSA) is 55.8 Å². The van der Waals surface area contributed by atoms with Crippen LogP contribution in [0, 0.1) is 3.57 Å². The third-order valence-electron chi connectivity index (χ3n) is 2.26. The number of hydrogen-bond donors (Lipinski definition) is 0. The molecule has 1 amide bonds. The van der Waals surface area contributed by atoms with Crippen LogP contribution in [0.1, 0.15) is 20.8 Å². The minimum Gasteiger partial charge on any atom is -0.466 e. The first-order chi connectivity index (χ1) is 9.74. The SMILES string of the molecule is COC(=O)/C=C/N(C(=O)OC(C)(C)C)c1ccccc1I. The Balaban J connectivity index is 3.12. The van der Waals surface area contributed by atoms with Gasteiger partial charge in [-0.2, -0.15) is 0 Å². The molecule has 5 nitrogen and oxygen atoms in total. The number of benzene rings is 1. The number of nitrogens with zero attached hydrogens (tertiary/aromatic N) is 1. The summed E-state index contributed by atoms with van der Waals surface area (Å²) < 4.78 is 10.8. The van der Waals surface area contributed by atoms with E-state index in [1.807, 2.05) is 12.1 Å². The van der Waals surface area contributed by atoms with Gasteiger partial charge in [0.25, 0.3) is 0 Å². The highest BCUT2D eigenvalue weighted by Crippen LogP contribution is 2.24. The van der Waals surface area contributed by atoms with Gasteiger partial charge in [-0.15, -0.1) is 0 Å². The Morgan fingerprint density at radius 1 is 1.24 bits per heavy atom. The molecule has 0 radical (unpaired) electrons. The molecule has 6 heteroatoms. The molecule has 1 aromatic carbocycles. The van der Waals surface area contributed by atoms with Crippen LogP contribution in [-0.2, 0) is 14.3 Å². The molecule has 1 aromatic rings. The second-order valence-corrected chi connectivity index (χ2v) is 6.30. The highest BCUT2D eigenvalue weighted by Gasteiger charge is 2.23. The van der Waals surface area contributed by atoms with E-state index in [4.69, 9.17) is 4.74 Å². The second-order valence-electron chi connectivity index (χ2n) is 5.14. The Bertz CT molecular complexity index is 549. The smallest absolute Gasteiger partial charge is 0.419 e. The van der Waals surface area contributed by atoms with Crippen LogP contribution >= 0.6 is 22.6 Å². The maximum absolute atomic E-state index is 12.3. The average molecular weight is 403 g/mol. The third kappa shape index (κ3) is 5.74. The lowest BCUT2D eigenvalue weighted by atomic mass is 10.2. The van der Waals surface area contributed by atoms with E-state index in [1.165, 1.54) is 24.3 Å². The number of ether oxygens (including phenoxy) is 2. The molecule has 0 N–H and O–H groups in total. The monoisotopic (exact) mass is 403 g/mol. The molecule has 0 atom stereocenters. The fraction of sp³-hybridized carbons (Fsp3) is 0.333. The van der Waals surface area contributed by atoms with E-state index >= 15 is 0 Å². The van der Waals surface area contributed by atoms with Gasteiger partial charge in [0.2, 0.25) is 0 Å². The van der Waals surface area contributed by atoms with Crippen LogP contribution in [0.5, 0.6) is 0 Å². The lowest BCUT2D eigenvalue weighted by Gasteiger charge is -2.25. The first kappa shape index (κ1) is 17.5. The van der Waals surface area contributed by atoms with Crippen LogP contribution in [0.4, 0.5) is 10.5 Å². The van der Waals surface area contributed by atoms with Crippen molar-refractivity contribution in [3.05, 3.63) is 40.1 Å². The average Bonchev–Trinajstić information content (AvgIpc) is 2.38. The normalized spacial score (nSPS) is 11.3. The van der Waals surface area contributed by atoms with Gasteiger partial charge in [-0.1, -0.05) is 12.1 Å². The zero-order valence-electron chi connectivity index (χ0n) is 12.4.